The molecule has 3 N–H and O–H groups in total. The highest BCUT2D eigenvalue weighted by Gasteiger charge is 2.30. The molecule has 2 fully saturated rings. The maximum absolute atomic E-state index is 13.6. The van der Waals surface area contributed by atoms with Gasteiger partial charge in [0, 0.05) is 38.3 Å². The second kappa shape index (κ2) is 10.5. The fraction of sp³-hybridized carbons (Fsp3) is 0.517. The summed E-state index contributed by atoms with van der Waals surface area (Å²) in [6.45, 7) is 7.13. The molecule has 214 valence electrons. The van der Waals surface area contributed by atoms with E-state index in [4.69, 9.17) is 20.2 Å². The summed E-state index contributed by atoms with van der Waals surface area (Å²) in [6, 6.07) is 6.92. The van der Waals surface area contributed by atoms with Crippen LogP contribution < -0.4 is 15.8 Å². The van der Waals surface area contributed by atoms with Crippen LogP contribution in [0.2, 0.25) is 0 Å². The van der Waals surface area contributed by atoms with Crippen LogP contribution in [-0.4, -0.2) is 68.8 Å². The van der Waals surface area contributed by atoms with Gasteiger partial charge in [0.15, 0.2) is 5.82 Å². The Kier molecular flexibility index (Phi) is 7.24. The first-order chi connectivity index (χ1) is 18.9. The molecule has 1 aliphatic heterocycles. The maximum atomic E-state index is 13.6. The van der Waals surface area contributed by atoms with E-state index < -0.39 is 17.6 Å². The summed E-state index contributed by atoms with van der Waals surface area (Å²) in [4.78, 5) is 44.7. The molecule has 3 heterocycles. The fourth-order valence-electron chi connectivity index (χ4n) is 5.39. The van der Waals surface area contributed by atoms with Crippen molar-refractivity contribution < 1.29 is 23.9 Å². The Morgan fingerprint density at radius 1 is 1.15 bits per heavy atom. The molecule has 11 heteroatoms. The number of ether oxygens (including phenoxy) is 2. The number of aromatic nitrogens is 3. The zero-order chi connectivity index (χ0) is 28.8. The van der Waals surface area contributed by atoms with Gasteiger partial charge in [0.2, 0.25) is 0 Å². The number of aryl methyl sites for hydroxylation is 1. The highest BCUT2D eigenvalue weighted by Crippen LogP contribution is 2.36. The molecule has 2 aliphatic rings. The van der Waals surface area contributed by atoms with E-state index in [1.54, 1.807) is 30.2 Å². The molecule has 3 aromatic rings. The molecule has 1 unspecified atom stereocenters. The maximum Gasteiger partial charge on any atom is 0.407 e. The zero-order valence-electron chi connectivity index (χ0n) is 23.8. The monoisotopic (exact) mass is 550 g/mol. The average molecular weight is 551 g/mol. The number of piperidine rings is 1. The van der Waals surface area contributed by atoms with Crippen molar-refractivity contribution in [3.63, 3.8) is 0 Å². The summed E-state index contributed by atoms with van der Waals surface area (Å²) < 4.78 is 15.0. The standard InChI is InChI=1S/C29H38N6O5/c1-29(2,3)40-28(38)31-19-7-6-12-34(16-19)27(37)18-13-20-24(23(14-18)39-5)33(4)26(32-20)22-11-10-21(25(30)36)35(22)15-17-8-9-17/h10-11,13-14,17,19H,6-9,12,15-16H2,1-5H3,(H2,30,36)(H,31,38). The number of carbonyl (C=O) groups is 3. The number of methoxy groups -OCH3 is 1. The van der Waals surface area contributed by atoms with Crippen molar-refractivity contribution in [2.75, 3.05) is 20.2 Å². The summed E-state index contributed by atoms with van der Waals surface area (Å²) in [5.41, 5.74) is 8.14. The second-order valence-electron chi connectivity index (χ2n) is 11.8. The summed E-state index contributed by atoms with van der Waals surface area (Å²) in [5.74, 6) is 1.08. The van der Waals surface area contributed by atoms with Gasteiger partial charge in [0.05, 0.1) is 18.3 Å². The number of benzene rings is 1. The van der Waals surface area contributed by atoms with Crippen LogP contribution in [0.5, 0.6) is 5.75 Å². The first-order valence-corrected chi connectivity index (χ1v) is 13.8. The van der Waals surface area contributed by atoms with E-state index in [1.165, 1.54) is 0 Å². The molecule has 5 rings (SSSR count). The van der Waals surface area contributed by atoms with E-state index in [2.05, 4.69) is 5.32 Å². The van der Waals surface area contributed by atoms with Gasteiger partial charge < -0.3 is 34.6 Å². The Morgan fingerprint density at radius 2 is 1.90 bits per heavy atom. The van der Waals surface area contributed by atoms with Gasteiger partial charge in [-0.05, 0) is 76.6 Å². The topological polar surface area (TPSA) is 134 Å². The van der Waals surface area contributed by atoms with Gasteiger partial charge >= 0.3 is 6.09 Å². The Bertz CT molecular complexity index is 1460. The predicted octanol–water partition coefficient (Wildman–Crippen LogP) is 3.69. The second-order valence-corrected chi connectivity index (χ2v) is 11.8. The van der Waals surface area contributed by atoms with E-state index in [1.807, 2.05) is 43.0 Å². The van der Waals surface area contributed by atoms with Crippen LogP contribution in [0.3, 0.4) is 0 Å². The Labute approximate surface area is 233 Å². The highest BCUT2D eigenvalue weighted by atomic mass is 16.6. The van der Waals surface area contributed by atoms with Gasteiger partial charge in [-0.15, -0.1) is 0 Å². The van der Waals surface area contributed by atoms with Gasteiger partial charge in [-0.2, -0.15) is 0 Å². The van der Waals surface area contributed by atoms with Crippen molar-refractivity contribution >= 4 is 28.9 Å². The van der Waals surface area contributed by atoms with Crippen molar-refractivity contribution in [1.82, 2.24) is 24.3 Å². The molecule has 40 heavy (non-hydrogen) atoms. The van der Waals surface area contributed by atoms with E-state index >= 15 is 0 Å². The molecule has 1 atom stereocenters. The lowest BCUT2D eigenvalue weighted by atomic mass is 10.0. The minimum atomic E-state index is -0.595. The number of nitrogens with zero attached hydrogens (tertiary/aromatic N) is 4. The number of alkyl carbamates (subject to hydrolysis) is 1. The number of likely N-dealkylation sites (tertiary alicyclic amines) is 1. The van der Waals surface area contributed by atoms with Crippen LogP contribution in [0.1, 0.15) is 67.3 Å². The third-order valence-corrected chi connectivity index (χ3v) is 7.43. The van der Waals surface area contributed by atoms with E-state index in [-0.39, 0.29) is 11.9 Å². The molecule has 11 nitrogen and oxygen atoms in total. The van der Waals surface area contributed by atoms with Crippen molar-refractivity contribution in [2.24, 2.45) is 18.7 Å². The van der Waals surface area contributed by atoms with Crippen LogP contribution in [0, 0.1) is 5.92 Å². The number of hydrogen-bond donors (Lipinski definition) is 2. The summed E-state index contributed by atoms with van der Waals surface area (Å²) in [5, 5.41) is 2.90. The minimum Gasteiger partial charge on any atom is -0.494 e. The summed E-state index contributed by atoms with van der Waals surface area (Å²) in [6.07, 6.45) is 3.30. The molecule has 1 saturated carbocycles. The third kappa shape index (κ3) is 5.64. The van der Waals surface area contributed by atoms with Crippen LogP contribution in [0.4, 0.5) is 4.79 Å². The SMILES string of the molecule is COc1cc(C(=O)N2CCCC(NC(=O)OC(C)(C)C)C2)cc2nc(-c3ccc(C(N)=O)n3CC3CC3)n(C)c12. The minimum absolute atomic E-state index is 0.156. The molecule has 0 spiro atoms. The highest BCUT2D eigenvalue weighted by molar-refractivity contribution is 6.00. The number of fused-ring (bicyclic) bond motifs is 1. The molecule has 3 amide bonds. The number of hydrogen-bond acceptors (Lipinski definition) is 6. The Morgan fingerprint density at radius 3 is 2.55 bits per heavy atom. The molecular weight excluding hydrogens is 512 g/mol. The number of primary amides is 1. The van der Waals surface area contributed by atoms with E-state index in [0.29, 0.717) is 53.9 Å². The van der Waals surface area contributed by atoms with Gasteiger partial charge in [-0.3, -0.25) is 9.59 Å². The zero-order valence-corrected chi connectivity index (χ0v) is 23.8. The van der Waals surface area contributed by atoms with Crippen LogP contribution in [-0.2, 0) is 18.3 Å². The fourth-order valence-corrected chi connectivity index (χ4v) is 5.39. The number of imidazole rings is 1. The molecule has 1 saturated heterocycles. The third-order valence-electron chi connectivity index (χ3n) is 7.43. The van der Waals surface area contributed by atoms with Gasteiger partial charge in [0.1, 0.15) is 22.6 Å². The van der Waals surface area contributed by atoms with Crippen LogP contribution in [0.15, 0.2) is 24.3 Å². The van der Waals surface area contributed by atoms with Crippen LogP contribution in [0.25, 0.3) is 22.6 Å². The van der Waals surface area contributed by atoms with E-state index in [9.17, 15) is 14.4 Å². The molecular formula is C29H38N6O5. The van der Waals surface area contributed by atoms with Crippen LogP contribution >= 0.6 is 0 Å². The molecule has 1 aromatic carbocycles. The first-order valence-electron chi connectivity index (χ1n) is 13.8. The lowest BCUT2D eigenvalue weighted by Gasteiger charge is -2.33. The van der Waals surface area contributed by atoms with Crippen molar-refractivity contribution in [1.29, 1.82) is 0 Å². The quantitative estimate of drug-likeness (QED) is 0.461. The van der Waals surface area contributed by atoms with Gasteiger partial charge in [-0.25, -0.2) is 9.78 Å². The number of rotatable bonds is 7. The lowest BCUT2D eigenvalue weighted by Crippen LogP contribution is -2.50. The molecule has 0 bridgehead atoms. The molecule has 2 aromatic heterocycles. The summed E-state index contributed by atoms with van der Waals surface area (Å²) in [7, 11) is 3.46. The van der Waals surface area contributed by atoms with E-state index in [0.717, 1.165) is 36.9 Å². The Hall–Kier alpha value is -4.02. The number of carbonyl (C=O) groups excluding carboxylic acids is 3. The smallest absolute Gasteiger partial charge is 0.407 e. The first kappa shape index (κ1) is 27.5. The van der Waals surface area contributed by atoms with Gasteiger partial charge in [-0.1, -0.05) is 0 Å². The number of nitrogens with one attached hydrogen (secondary N) is 1. The number of amides is 3. The van der Waals surface area contributed by atoms with Crippen molar-refractivity contribution in [3.8, 4) is 17.3 Å². The normalized spacial score (nSPS) is 17.6. The average Bonchev–Trinajstić information content (AvgIpc) is 3.51. The lowest BCUT2D eigenvalue weighted by molar-refractivity contribution is 0.0452. The molecule has 1 aliphatic carbocycles. The predicted molar refractivity (Wildman–Crippen MR) is 150 cm³/mol. The largest absolute Gasteiger partial charge is 0.494 e. The number of nitrogens with two attached hydrogens (primary N) is 1. The van der Waals surface area contributed by atoms with Gasteiger partial charge in [0.25, 0.3) is 11.8 Å². The Balaban J connectivity index is 1.43. The summed E-state index contributed by atoms with van der Waals surface area (Å²) >= 11 is 0. The van der Waals surface area contributed by atoms with Crippen molar-refractivity contribution in [2.45, 2.75) is 64.6 Å². The molecule has 0 radical (unpaired) electrons. The van der Waals surface area contributed by atoms with Crippen molar-refractivity contribution in [3.05, 3.63) is 35.5 Å².